The molecule has 0 unspecified atom stereocenters. The fraction of sp³-hybridized carbons (Fsp3) is 0.688. The molecule has 1 aromatic rings. The summed E-state index contributed by atoms with van der Waals surface area (Å²) in [5.41, 5.74) is 0.0790. The Hall–Kier alpha value is -1.18. The number of nitrogens with zero attached hydrogens (tertiary/aromatic N) is 2. The quantitative estimate of drug-likeness (QED) is 0.884. The van der Waals surface area contributed by atoms with Crippen molar-refractivity contribution in [1.29, 1.82) is 0 Å². The molecule has 2 aliphatic rings. The first-order valence-corrected chi connectivity index (χ1v) is 9.27. The summed E-state index contributed by atoms with van der Waals surface area (Å²) in [7, 11) is 1.79. The molecular weight excluding hydrogens is 314 g/mol. The van der Waals surface area contributed by atoms with Crippen LogP contribution in [0.15, 0.2) is 22.8 Å². The topological polar surface area (TPSA) is 58.0 Å². The highest BCUT2D eigenvalue weighted by Crippen LogP contribution is 2.33. The number of amides is 2. The maximum Gasteiger partial charge on any atom is 0.317 e. The van der Waals surface area contributed by atoms with Crippen LogP contribution >= 0.6 is 11.8 Å². The van der Waals surface area contributed by atoms with E-state index < -0.39 is 0 Å². The van der Waals surface area contributed by atoms with Gasteiger partial charge in [-0.1, -0.05) is 0 Å². The van der Waals surface area contributed by atoms with Gasteiger partial charge in [-0.25, -0.2) is 4.79 Å². The van der Waals surface area contributed by atoms with Gasteiger partial charge in [-0.15, -0.1) is 0 Å². The first-order chi connectivity index (χ1) is 11.2. The van der Waals surface area contributed by atoms with Crippen LogP contribution in [-0.2, 0) is 11.3 Å². The Morgan fingerprint density at radius 3 is 2.96 bits per heavy atom. The van der Waals surface area contributed by atoms with E-state index in [2.05, 4.69) is 10.2 Å². The van der Waals surface area contributed by atoms with E-state index in [1.165, 1.54) is 0 Å². The number of nitrogens with one attached hydrogen (secondary N) is 1. The summed E-state index contributed by atoms with van der Waals surface area (Å²) in [6.45, 7) is 4.67. The van der Waals surface area contributed by atoms with E-state index in [1.807, 2.05) is 23.9 Å². The minimum atomic E-state index is -0.0501. The summed E-state index contributed by atoms with van der Waals surface area (Å²) in [4.78, 5) is 16.5. The van der Waals surface area contributed by atoms with Gasteiger partial charge >= 0.3 is 6.03 Å². The molecule has 1 atom stereocenters. The van der Waals surface area contributed by atoms with Crippen molar-refractivity contribution in [3.63, 3.8) is 0 Å². The zero-order valence-corrected chi connectivity index (χ0v) is 14.4. The normalized spacial score (nSPS) is 25.4. The molecule has 0 saturated carbocycles. The van der Waals surface area contributed by atoms with E-state index >= 15 is 0 Å². The van der Waals surface area contributed by atoms with Crippen molar-refractivity contribution < 1.29 is 13.9 Å². The van der Waals surface area contributed by atoms with Crippen molar-refractivity contribution in [2.45, 2.75) is 18.5 Å². The third-order valence-corrected chi connectivity index (χ3v) is 5.89. The second-order valence-electron chi connectivity index (χ2n) is 6.22. The Morgan fingerprint density at radius 2 is 2.30 bits per heavy atom. The van der Waals surface area contributed by atoms with Crippen molar-refractivity contribution in [3.8, 4) is 0 Å². The first kappa shape index (κ1) is 16.7. The molecule has 7 heteroatoms. The molecule has 2 aliphatic heterocycles. The minimum Gasteiger partial charge on any atom is -0.467 e. The minimum absolute atomic E-state index is 0.0501. The molecule has 0 radical (unpaired) electrons. The summed E-state index contributed by atoms with van der Waals surface area (Å²) in [5, 5.41) is 3.12. The maximum absolute atomic E-state index is 12.4. The van der Waals surface area contributed by atoms with Crippen molar-refractivity contribution in [3.05, 3.63) is 24.2 Å². The van der Waals surface area contributed by atoms with Crippen molar-refractivity contribution >= 4 is 17.8 Å². The molecule has 2 saturated heterocycles. The lowest BCUT2D eigenvalue weighted by Gasteiger charge is -2.43. The number of hydrogen-bond acceptors (Lipinski definition) is 5. The van der Waals surface area contributed by atoms with Crippen LogP contribution in [0.4, 0.5) is 4.79 Å². The molecule has 2 fully saturated rings. The largest absolute Gasteiger partial charge is 0.467 e. The Kier molecular flexibility index (Phi) is 5.50. The smallest absolute Gasteiger partial charge is 0.317 e. The Morgan fingerprint density at radius 1 is 1.48 bits per heavy atom. The lowest BCUT2D eigenvalue weighted by molar-refractivity contribution is -0.0127. The van der Waals surface area contributed by atoms with Gasteiger partial charge in [0.2, 0.25) is 0 Å². The van der Waals surface area contributed by atoms with Crippen LogP contribution in [0, 0.1) is 0 Å². The second kappa shape index (κ2) is 7.59. The van der Waals surface area contributed by atoms with Gasteiger partial charge in [-0.2, -0.15) is 11.8 Å². The molecule has 1 aromatic heterocycles. The number of hydrogen-bond donors (Lipinski definition) is 1. The lowest BCUT2D eigenvalue weighted by atomic mass is 9.95. The van der Waals surface area contributed by atoms with Crippen molar-refractivity contribution in [1.82, 2.24) is 15.1 Å². The average molecular weight is 339 g/mol. The van der Waals surface area contributed by atoms with Crippen LogP contribution < -0.4 is 5.32 Å². The molecule has 0 aliphatic carbocycles. The van der Waals surface area contributed by atoms with Crippen molar-refractivity contribution in [2.75, 3.05) is 51.4 Å². The van der Waals surface area contributed by atoms with E-state index in [-0.39, 0.29) is 11.6 Å². The maximum atomic E-state index is 12.4. The fourth-order valence-electron chi connectivity index (χ4n) is 3.22. The van der Waals surface area contributed by atoms with Crippen molar-refractivity contribution in [2.24, 2.45) is 0 Å². The van der Waals surface area contributed by atoms with Gasteiger partial charge in [0.05, 0.1) is 26.0 Å². The molecule has 3 rings (SSSR count). The number of morpholine rings is 1. The predicted octanol–water partition coefficient (Wildman–Crippen LogP) is 1.63. The average Bonchev–Trinajstić information content (AvgIpc) is 3.26. The van der Waals surface area contributed by atoms with Gasteiger partial charge in [-0.3, -0.25) is 4.90 Å². The molecular formula is C16H25N3O3S. The summed E-state index contributed by atoms with van der Waals surface area (Å²) >= 11 is 1.98. The number of ether oxygens (including phenoxy) is 1. The van der Waals surface area contributed by atoms with Crippen LogP contribution in [0.25, 0.3) is 0 Å². The van der Waals surface area contributed by atoms with Crippen LogP contribution in [0.2, 0.25) is 0 Å². The number of thioether (sulfide) groups is 1. The highest BCUT2D eigenvalue weighted by atomic mass is 32.2. The molecule has 2 amide bonds. The van der Waals surface area contributed by atoms with Gasteiger partial charge in [0.15, 0.2) is 0 Å². The zero-order chi connectivity index (χ0) is 16.1. The Labute approximate surface area is 141 Å². The predicted molar refractivity (Wildman–Crippen MR) is 90.6 cm³/mol. The molecule has 3 heterocycles. The van der Waals surface area contributed by atoms with Gasteiger partial charge in [-0.05, 0) is 24.3 Å². The summed E-state index contributed by atoms with van der Waals surface area (Å²) in [5.74, 6) is 3.03. The molecule has 0 aromatic carbocycles. The highest BCUT2D eigenvalue weighted by molar-refractivity contribution is 7.99. The number of carbonyl (C=O) groups excluding carboxylic acids is 1. The summed E-state index contributed by atoms with van der Waals surface area (Å²) in [6, 6.07) is 3.67. The number of furan rings is 1. The molecule has 128 valence electrons. The number of carbonyl (C=O) groups is 1. The molecule has 1 N–H and O–H groups in total. The Bertz CT molecular complexity index is 497. The molecule has 6 nitrogen and oxygen atoms in total. The number of urea groups is 1. The van der Waals surface area contributed by atoms with Crippen LogP contribution in [0.3, 0.4) is 0 Å². The highest BCUT2D eigenvalue weighted by Gasteiger charge is 2.41. The first-order valence-electron chi connectivity index (χ1n) is 8.11. The summed E-state index contributed by atoms with van der Waals surface area (Å²) < 4.78 is 10.8. The van der Waals surface area contributed by atoms with Crippen LogP contribution in [0.5, 0.6) is 0 Å². The monoisotopic (exact) mass is 339 g/mol. The Balaban J connectivity index is 1.54. The molecule has 23 heavy (non-hydrogen) atoms. The fourth-order valence-corrected chi connectivity index (χ4v) is 4.70. The standard InChI is InChI=1S/C16H25N3O3S/c1-18(11-14-3-2-7-22-14)15(20)17-12-16(4-10-23-13-16)19-5-8-21-9-6-19/h2-3,7H,4-6,8-13H2,1H3,(H,17,20)/t16-/m1/s1. The second-order valence-corrected chi connectivity index (χ2v) is 7.33. The van der Waals surface area contributed by atoms with E-state index in [0.29, 0.717) is 13.1 Å². The lowest BCUT2D eigenvalue weighted by Crippen LogP contribution is -2.59. The summed E-state index contributed by atoms with van der Waals surface area (Å²) in [6.07, 6.45) is 2.75. The van der Waals surface area contributed by atoms with E-state index in [9.17, 15) is 4.79 Å². The van der Waals surface area contributed by atoms with Gasteiger partial charge < -0.3 is 19.4 Å². The third kappa shape index (κ3) is 4.02. The molecule has 0 bridgehead atoms. The molecule has 0 spiro atoms. The van der Waals surface area contributed by atoms with Gasteiger partial charge in [0.1, 0.15) is 5.76 Å². The zero-order valence-electron chi connectivity index (χ0n) is 13.6. The third-order valence-electron chi connectivity index (χ3n) is 4.65. The number of rotatable bonds is 5. The van der Waals surface area contributed by atoms with E-state index in [0.717, 1.165) is 50.0 Å². The van der Waals surface area contributed by atoms with Gasteiger partial charge in [0.25, 0.3) is 0 Å². The van der Waals surface area contributed by atoms with Gasteiger partial charge in [0, 0.05) is 38.0 Å². The van der Waals surface area contributed by atoms with E-state index in [4.69, 9.17) is 9.15 Å². The van der Waals surface area contributed by atoms with Crippen LogP contribution in [-0.4, -0.2) is 72.8 Å². The SMILES string of the molecule is CN(Cc1ccco1)C(=O)NC[C@]1(N2CCOCC2)CCSC1. The van der Waals surface area contributed by atoms with E-state index in [1.54, 1.807) is 18.2 Å². The van der Waals surface area contributed by atoms with Crippen LogP contribution in [0.1, 0.15) is 12.2 Å².